The zero-order chi connectivity index (χ0) is 11.5. The van der Waals surface area contributed by atoms with Crippen molar-refractivity contribution in [2.24, 2.45) is 0 Å². The molecule has 2 rings (SSSR count). The van der Waals surface area contributed by atoms with Crippen LogP contribution in [0.3, 0.4) is 0 Å². The van der Waals surface area contributed by atoms with Gasteiger partial charge in [-0.1, -0.05) is 12.5 Å². The summed E-state index contributed by atoms with van der Waals surface area (Å²) >= 11 is 0. The number of hydrogen-bond acceptors (Lipinski definition) is 3. The Morgan fingerprint density at radius 2 is 2.00 bits per heavy atom. The largest absolute Gasteiger partial charge is 0.384 e. The Labute approximate surface area is 97.7 Å². The van der Waals surface area contributed by atoms with E-state index < -0.39 is 0 Å². The van der Waals surface area contributed by atoms with E-state index in [1.807, 2.05) is 12.3 Å². The van der Waals surface area contributed by atoms with E-state index in [4.69, 9.17) is 5.73 Å². The van der Waals surface area contributed by atoms with Gasteiger partial charge in [0.1, 0.15) is 5.82 Å². The molecule has 3 heteroatoms. The second kappa shape index (κ2) is 4.83. The lowest BCUT2D eigenvalue weighted by molar-refractivity contribution is 0.0952. The number of nitrogens with zero attached hydrogens (tertiary/aromatic N) is 2. The van der Waals surface area contributed by atoms with Gasteiger partial charge in [0.25, 0.3) is 0 Å². The van der Waals surface area contributed by atoms with E-state index in [2.05, 4.69) is 29.8 Å². The Morgan fingerprint density at radius 1 is 1.31 bits per heavy atom. The molecule has 16 heavy (non-hydrogen) atoms. The smallest absolute Gasteiger partial charge is 0.123 e. The molecule has 1 saturated heterocycles. The number of likely N-dealkylation sites (tertiary alicyclic amines) is 1. The van der Waals surface area contributed by atoms with E-state index in [0.717, 1.165) is 6.54 Å². The summed E-state index contributed by atoms with van der Waals surface area (Å²) in [5, 5.41) is 0. The summed E-state index contributed by atoms with van der Waals surface area (Å²) in [6.45, 7) is 5.64. The minimum absolute atomic E-state index is 0.600. The van der Waals surface area contributed by atoms with Gasteiger partial charge in [0.05, 0.1) is 0 Å². The molecule has 2 heterocycles. The molecular formula is C13H21N3. The van der Waals surface area contributed by atoms with Crippen molar-refractivity contribution in [2.45, 2.75) is 51.7 Å². The number of anilines is 1. The third-order valence-electron chi connectivity index (χ3n) is 3.59. The standard InChI is InChI=1S/C13H21N3/c1-10-4-3-5-11(2)16(10)9-12-6-7-13(14)15-8-12/h6-8,10-11H,3-5,9H2,1-2H3,(H2,14,15)/t10-,11+. The first kappa shape index (κ1) is 11.4. The first-order valence-corrected chi connectivity index (χ1v) is 6.13. The number of nitrogens with two attached hydrogens (primary N) is 1. The molecule has 0 radical (unpaired) electrons. The molecule has 88 valence electrons. The minimum atomic E-state index is 0.600. The van der Waals surface area contributed by atoms with E-state index in [1.54, 1.807) is 0 Å². The van der Waals surface area contributed by atoms with Crippen LogP contribution in [0, 0.1) is 0 Å². The van der Waals surface area contributed by atoms with Crippen LogP contribution in [0.25, 0.3) is 0 Å². The fourth-order valence-electron chi connectivity index (χ4n) is 2.53. The lowest BCUT2D eigenvalue weighted by Crippen LogP contribution is -2.42. The van der Waals surface area contributed by atoms with E-state index in [1.165, 1.54) is 24.8 Å². The van der Waals surface area contributed by atoms with Crippen LogP contribution in [0.2, 0.25) is 0 Å². The van der Waals surface area contributed by atoms with Gasteiger partial charge in [-0.25, -0.2) is 4.98 Å². The zero-order valence-corrected chi connectivity index (χ0v) is 10.2. The van der Waals surface area contributed by atoms with Crippen molar-refractivity contribution >= 4 is 5.82 Å². The summed E-state index contributed by atoms with van der Waals surface area (Å²) in [4.78, 5) is 6.71. The summed E-state index contributed by atoms with van der Waals surface area (Å²) in [6.07, 6.45) is 5.88. The third-order valence-corrected chi connectivity index (χ3v) is 3.59. The molecule has 0 aromatic carbocycles. The molecule has 0 spiro atoms. The molecule has 0 unspecified atom stereocenters. The maximum atomic E-state index is 5.59. The summed E-state index contributed by atoms with van der Waals surface area (Å²) in [6, 6.07) is 5.33. The quantitative estimate of drug-likeness (QED) is 0.830. The molecule has 1 fully saturated rings. The highest BCUT2D eigenvalue weighted by molar-refractivity contribution is 5.29. The first-order chi connectivity index (χ1) is 7.66. The highest BCUT2D eigenvalue weighted by Crippen LogP contribution is 2.24. The number of hydrogen-bond donors (Lipinski definition) is 1. The maximum Gasteiger partial charge on any atom is 0.123 e. The van der Waals surface area contributed by atoms with E-state index >= 15 is 0 Å². The molecule has 3 nitrogen and oxygen atoms in total. The Hall–Kier alpha value is -1.09. The van der Waals surface area contributed by atoms with Crippen LogP contribution in [0.4, 0.5) is 5.82 Å². The van der Waals surface area contributed by atoms with Crippen LogP contribution in [-0.2, 0) is 6.54 Å². The van der Waals surface area contributed by atoms with Crippen LogP contribution in [0.1, 0.15) is 38.7 Å². The fourth-order valence-corrected chi connectivity index (χ4v) is 2.53. The highest BCUT2D eigenvalue weighted by atomic mass is 15.2. The van der Waals surface area contributed by atoms with Gasteiger partial charge in [-0.15, -0.1) is 0 Å². The number of pyridine rings is 1. The van der Waals surface area contributed by atoms with Crippen molar-refractivity contribution in [3.8, 4) is 0 Å². The maximum absolute atomic E-state index is 5.59. The van der Waals surface area contributed by atoms with Crippen molar-refractivity contribution in [2.75, 3.05) is 5.73 Å². The molecule has 1 aliphatic heterocycles. The van der Waals surface area contributed by atoms with Crippen molar-refractivity contribution in [1.29, 1.82) is 0 Å². The van der Waals surface area contributed by atoms with Gasteiger partial charge in [-0.05, 0) is 38.3 Å². The number of nitrogen functional groups attached to an aromatic ring is 1. The molecule has 0 amide bonds. The summed E-state index contributed by atoms with van der Waals surface area (Å²) < 4.78 is 0. The first-order valence-electron chi connectivity index (χ1n) is 6.13. The Morgan fingerprint density at radius 3 is 2.56 bits per heavy atom. The number of aromatic nitrogens is 1. The van der Waals surface area contributed by atoms with Gasteiger partial charge < -0.3 is 5.73 Å². The molecule has 0 bridgehead atoms. The molecule has 1 aromatic heterocycles. The van der Waals surface area contributed by atoms with Crippen LogP contribution in [0.5, 0.6) is 0 Å². The molecule has 0 aliphatic carbocycles. The second-order valence-corrected chi connectivity index (χ2v) is 4.89. The monoisotopic (exact) mass is 219 g/mol. The Kier molecular flexibility index (Phi) is 3.44. The van der Waals surface area contributed by atoms with Crippen LogP contribution >= 0.6 is 0 Å². The second-order valence-electron chi connectivity index (χ2n) is 4.89. The van der Waals surface area contributed by atoms with E-state index in [-0.39, 0.29) is 0 Å². The number of rotatable bonds is 2. The SMILES string of the molecule is C[C@@H]1CCC[C@H](C)N1Cc1ccc(N)nc1. The highest BCUT2D eigenvalue weighted by Gasteiger charge is 2.24. The van der Waals surface area contributed by atoms with Gasteiger partial charge in [0, 0.05) is 24.8 Å². The van der Waals surface area contributed by atoms with Gasteiger partial charge in [-0.3, -0.25) is 4.90 Å². The van der Waals surface area contributed by atoms with E-state index in [0.29, 0.717) is 17.9 Å². The van der Waals surface area contributed by atoms with Crippen LogP contribution in [-0.4, -0.2) is 22.0 Å². The van der Waals surface area contributed by atoms with Crippen molar-refractivity contribution in [1.82, 2.24) is 9.88 Å². The van der Waals surface area contributed by atoms with Gasteiger partial charge in [-0.2, -0.15) is 0 Å². The molecular weight excluding hydrogens is 198 g/mol. The summed E-state index contributed by atoms with van der Waals surface area (Å²) in [7, 11) is 0. The molecule has 1 aromatic rings. The van der Waals surface area contributed by atoms with Crippen molar-refractivity contribution in [3.05, 3.63) is 23.9 Å². The lowest BCUT2D eigenvalue weighted by atomic mass is 9.97. The predicted molar refractivity (Wildman–Crippen MR) is 67.0 cm³/mol. The summed E-state index contributed by atoms with van der Waals surface area (Å²) in [5.41, 5.74) is 6.85. The van der Waals surface area contributed by atoms with Crippen LogP contribution < -0.4 is 5.73 Å². The third kappa shape index (κ3) is 2.53. The predicted octanol–water partition coefficient (Wildman–Crippen LogP) is 2.43. The van der Waals surface area contributed by atoms with E-state index in [9.17, 15) is 0 Å². The fraction of sp³-hybridized carbons (Fsp3) is 0.615. The molecule has 0 saturated carbocycles. The number of piperidine rings is 1. The Bertz CT molecular complexity index is 324. The molecule has 2 atom stereocenters. The van der Waals surface area contributed by atoms with Gasteiger partial charge in [0.2, 0.25) is 0 Å². The van der Waals surface area contributed by atoms with Crippen LogP contribution in [0.15, 0.2) is 18.3 Å². The average molecular weight is 219 g/mol. The topological polar surface area (TPSA) is 42.1 Å². The van der Waals surface area contributed by atoms with Crippen molar-refractivity contribution < 1.29 is 0 Å². The molecule has 1 aliphatic rings. The van der Waals surface area contributed by atoms with Gasteiger partial charge in [0.15, 0.2) is 0 Å². The zero-order valence-electron chi connectivity index (χ0n) is 10.2. The average Bonchev–Trinajstić information content (AvgIpc) is 2.26. The summed E-state index contributed by atoms with van der Waals surface area (Å²) in [5.74, 6) is 0.600. The minimum Gasteiger partial charge on any atom is -0.384 e. The lowest BCUT2D eigenvalue weighted by Gasteiger charge is -2.39. The molecule has 2 N–H and O–H groups in total. The Balaban J connectivity index is 2.04. The normalized spacial score (nSPS) is 26.9. The van der Waals surface area contributed by atoms with Crippen molar-refractivity contribution in [3.63, 3.8) is 0 Å². The van der Waals surface area contributed by atoms with Gasteiger partial charge >= 0.3 is 0 Å².